The molecule has 0 spiro atoms. The summed E-state index contributed by atoms with van der Waals surface area (Å²) < 4.78 is 13.1. The number of pyridine rings is 1. The molecule has 2 heteroatoms. The molecule has 0 aliphatic heterocycles. The molecule has 1 rings (SSSR count). The molecule has 1 heterocycles. The maximum atomic E-state index is 13.1. The zero-order chi connectivity index (χ0) is 11.1. The van der Waals surface area contributed by atoms with Crippen LogP contribution < -0.4 is 0 Å². The average Bonchev–Trinajstić information content (AvgIpc) is 2.20. The molecule has 0 bridgehead atoms. The summed E-state index contributed by atoms with van der Waals surface area (Å²) in [6.45, 7) is 9.96. The molecule has 0 amide bonds. The van der Waals surface area contributed by atoms with Gasteiger partial charge < -0.3 is 0 Å². The largest absolute Gasteiger partial charge is 0.258 e. The van der Waals surface area contributed by atoms with Crippen LogP contribution in [0.2, 0.25) is 0 Å². The van der Waals surface area contributed by atoms with E-state index in [1.807, 2.05) is 34.6 Å². The molecule has 0 fully saturated rings. The Hall–Kier alpha value is -0.920. The molecule has 0 saturated carbocycles. The number of rotatable bonds is 2. The molecular weight excluding hydrogens is 177 g/mol. The fourth-order valence-electron chi connectivity index (χ4n) is 1.06. The molecule has 0 N–H and O–H groups in total. The number of nitrogens with zero attached hydrogens (tertiary/aromatic N) is 1. The number of hydrogen-bond acceptors (Lipinski definition) is 1. The van der Waals surface area contributed by atoms with E-state index < -0.39 is 0 Å². The summed E-state index contributed by atoms with van der Waals surface area (Å²) >= 11 is 0. The van der Waals surface area contributed by atoms with Crippen molar-refractivity contribution >= 4 is 0 Å². The van der Waals surface area contributed by atoms with Gasteiger partial charge >= 0.3 is 0 Å². The van der Waals surface area contributed by atoms with Gasteiger partial charge in [0.15, 0.2) is 0 Å². The summed E-state index contributed by atoms with van der Waals surface area (Å²) in [6, 6.07) is 1.58. The monoisotopic (exact) mass is 197 g/mol. The Labute approximate surface area is 86.4 Å². The van der Waals surface area contributed by atoms with Crippen LogP contribution in [0.1, 0.15) is 51.8 Å². The van der Waals surface area contributed by atoms with Gasteiger partial charge in [0.25, 0.3) is 0 Å². The van der Waals surface area contributed by atoms with Gasteiger partial charge in [0.2, 0.25) is 0 Å². The normalized spacial score (nSPS) is 9.64. The van der Waals surface area contributed by atoms with E-state index in [0.717, 1.165) is 5.56 Å². The Morgan fingerprint density at radius 3 is 2.29 bits per heavy atom. The highest BCUT2D eigenvalue weighted by atomic mass is 19.1. The molecule has 1 aromatic heterocycles. The van der Waals surface area contributed by atoms with Crippen LogP contribution in [0.3, 0.4) is 0 Å². The van der Waals surface area contributed by atoms with Crippen LogP contribution in [0.4, 0.5) is 4.39 Å². The van der Waals surface area contributed by atoms with Crippen LogP contribution in [0.25, 0.3) is 0 Å². The fourth-order valence-corrected chi connectivity index (χ4v) is 1.06. The first kappa shape index (κ1) is 13.1. The van der Waals surface area contributed by atoms with E-state index in [9.17, 15) is 4.39 Å². The second kappa shape index (κ2) is 6.52. The first-order chi connectivity index (χ1) is 6.65. The van der Waals surface area contributed by atoms with Crippen LogP contribution >= 0.6 is 0 Å². The third-order valence-electron chi connectivity index (χ3n) is 1.94. The molecular formula is C12H20FN. The van der Waals surface area contributed by atoms with E-state index in [1.54, 1.807) is 12.3 Å². The summed E-state index contributed by atoms with van der Waals surface area (Å²) in [5.41, 5.74) is 1.52. The number of halogens is 1. The zero-order valence-electron chi connectivity index (χ0n) is 9.76. The molecule has 0 aliphatic carbocycles. The fraction of sp³-hybridized carbons (Fsp3) is 0.583. The maximum absolute atomic E-state index is 13.1. The molecule has 0 saturated heterocycles. The Bertz CT molecular complexity index is 269. The smallest absolute Gasteiger partial charge is 0.144 e. The number of aromatic nitrogens is 1. The van der Waals surface area contributed by atoms with E-state index in [4.69, 9.17) is 0 Å². The van der Waals surface area contributed by atoms with Gasteiger partial charge in [-0.2, -0.15) is 0 Å². The Morgan fingerprint density at radius 1 is 1.36 bits per heavy atom. The van der Waals surface area contributed by atoms with Crippen molar-refractivity contribution in [2.24, 2.45) is 0 Å². The van der Waals surface area contributed by atoms with Crippen LogP contribution in [0, 0.1) is 5.82 Å². The van der Waals surface area contributed by atoms with Gasteiger partial charge in [-0.3, -0.25) is 4.98 Å². The van der Waals surface area contributed by atoms with Gasteiger partial charge in [-0.25, -0.2) is 4.39 Å². The second-order valence-electron chi connectivity index (χ2n) is 3.21. The third-order valence-corrected chi connectivity index (χ3v) is 1.94. The Kier molecular flexibility index (Phi) is 6.09. The molecule has 14 heavy (non-hydrogen) atoms. The Balaban J connectivity index is 0.000000791. The first-order valence-corrected chi connectivity index (χ1v) is 5.29. The van der Waals surface area contributed by atoms with Gasteiger partial charge in [-0.15, -0.1) is 0 Å². The standard InChI is InChI=1S/C10H14FN.C2H6/c1-4-10-9(11)5-8(6-12-10)7(2)3;1-2/h5-7H,4H2,1-3H3;1-2H3. The first-order valence-electron chi connectivity index (χ1n) is 5.29. The summed E-state index contributed by atoms with van der Waals surface area (Å²) in [5.74, 6) is 0.168. The van der Waals surface area contributed by atoms with Crippen molar-refractivity contribution in [1.29, 1.82) is 0 Å². The minimum Gasteiger partial charge on any atom is -0.258 e. The van der Waals surface area contributed by atoms with E-state index in [2.05, 4.69) is 4.98 Å². The maximum Gasteiger partial charge on any atom is 0.144 e. The minimum absolute atomic E-state index is 0.177. The van der Waals surface area contributed by atoms with Crippen LogP contribution in [-0.2, 0) is 6.42 Å². The highest BCUT2D eigenvalue weighted by molar-refractivity contribution is 5.18. The van der Waals surface area contributed by atoms with Crippen molar-refractivity contribution in [2.75, 3.05) is 0 Å². The highest BCUT2D eigenvalue weighted by Crippen LogP contribution is 2.15. The van der Waals surface area contributed by atoms with E-state index >= 15 is 0 Å². The van der Waals surface area contributed by atoms with Gasteiger partial charge in [0.05, 0.1) is 5.69 Å². The topological polar surface area (TPSA) is 12.9 Å². The quantitative estimate of drug-likeness (QED) is 0.700. The summed E-state index contributed by atoms with van der Waals surface area (Å²) in [7, 11) is 0. The SMILES string of the molecule is CC.CCc1ncc(C(C)C)cc1F. The highest BCUT2D eigenvalue weighted by Gasteiger charge is 2.05. The van der Waals surface area contributed by atoms with E-state index in [1.165, 1.54) is 0 Å². The lowest BCUT2D eigenvalue weighted by atomic mass is 10.1. The Morgan fingerprint density at radius 2 is 1.93 bits per heavy atom. The second-order valence-corrected chi connectivity index (χ2v) is 3.21. The van der Waals surface area contributed by atoms with Crippen LogP contribution in [-0.4, -0.2) is 4.98 Å². The van der Waals surface area contributed by atoms with Crippen LogP contribution in [0.15, 0.2) is 12.3 Å². The molecule has 0 aromatic carbocycles. The van der Waals surface area contributed by atoms with Gasteiger partial charge in [0.1, 0.15) is 5.82 Å². The minimum atomic E-state index is -0.177. The van der Waals surface area contributed by atoms with Crippen LogP contribution in [0.5, 0.6) is 0 Å². The predicted octanol–water partition coefficient (Wildman–Crippen LogP) is 3.93. The van der Waals surface area contributed by atoms with Gasteiger partial charge in [-0.05, 0) is 24.0 Å². The lowest BCUT2D eigenvalue weighted by Crippen LogP contribution is -1.96. The summed E-state index contributed by atoms with van der Waals surface area (Å²) in [5, 5.41) is 0. The molecule has 0 unspecified atom stereocenters. The zero-order valence-corrected chi connectivity index (χ0v) is 9.76. The number of aryl methyl sites for hydroxylation is 1. The van der Waals surface area contributed by atoms with Crippen molar-refractivity contribution < 1.29 is 4.39 Å². The summed E-state index contributed by atoms with van der Waals surface area (Å²) in [4.78, 5) is 4.04. The molecule has 1 nitrogen and oxygen atoms in total. The third kappa shape index (κ3) is 3.44. The van der Waals surface area contributed by atoms with Gasteiger partial charge in [-0.1, -0.05) is 34.6 Å². The van der Waals surface area contributed by atoms with Crippen molar-refractivity contribution in [3.63, 3.8) is 0 Å². The number of hydrogen-bond donors (Lipinski definition) is 0. The molecule has 1 aromatic rings. The van der Waals surface area contributed by atoms with Crippen molar-refractivity contribution in [2.45, 2.75) is 47.0 Å². The van der Waals surface area contributed by atoms with E-state index in [-0.39, 0.29) is 5.82 Å². The summed E-state index contributed by atoms with van der Waals surface area (Å²) in [6.07, 6.45) is 2.41. The molecule has 0 radical (unpaired) electrons. The average molecular weight is 197 g/mol. The van der Waals surface area contributed by atoms with Crippen molar-refractivity contribution in [3.05, 3.63) is 29.3 Å². The molecule has 0 atom stereocenters. The predicted molar refractivity (Wildman–Crippen MR) is 59.0 cm³/mol. The van der Waals surface area contributed by atoms with Crippen molar-refractivity contribution in [3.8, 4) is 0 Å². The molecule has 80 valence electrons. The van der Waals surface area contributed by atoms with Crippen molar-refractivity contribution in [1.82, 2.24) is 4.98 Å². The molecule has 0 aliphatic rings. The van der Waals surface area contributed by atoms with Gasteiger partial charge in [0, 0.05) is 6.20 Å². The lowest BCUT2D eigenvalue weighted by Gasteiger charge is -2.05. The van der Waals surface area contributed by atoms with E-state index in [0.29, 0.717) is 18.0 Å². The lowest BCUT2D eigenvalue weighted by molar-refractivity contribution is 0.596.